The first-order valence-electron chi connectivity index (χ1n) is 2.75. The number of aromatic nitrogens is 2. The molecule has 2 aromatic heterocycles. The van der Waals surface area contributed by atoms with Crippen LogP contribution < -0.4 is 0 Å². The van der Waals surface area contributed by atoms with Gasteiger partial charge in [-0.05, 0) is 18.2 Å². The molecule has 43 valence electrons. The maximum absolute atomic E-state index is 4.05. The Morgan fingerprint density at radius 2 is 2.44 bits per heavy atom. The summed E-state index contributed by atoms with van der Waals surface area (Å²) in [7, 11) is 0. The van der Waals surface area contributed by atoms with Gasteiger partial charge in [0.2, 0.25) is 0 Å². The summed E-state index contributed by atoms with van der Waals surface area (Å²) in [6, 6.07) is 6.64. The zero-order chi connectivity index (χ0) is 6.10. The van der Waals surface area contributed by atoms with Gasteiger partial charge in [0.1, 0.15) is 5.65 Å². The Morgan fingerprint density at radius 3 is 3.33 bits per heavy atom. The number of pyridine rings is 1. The molecule has 0 spiro atoms. The zero-order valence-electron chi connectivity index (χ0n) is 4.78. The molecule has 0 aromatic carbocycles. The van der Waals surface area contributed by atoms with Gasteiger partial charge in [-0.1, -0.05) is 0 Å². The molecule has 9 heavy (non-hydrogen) atoms. The third-order valence-electron chi connectivity index (χ3n) is 1.24. The minimum atomic E-state index is 0.942. The maximum atomic E-state index is 4.05. The van der Waals surface area contributed by atoms with E-state index in [0.29, 0.717) is 0 Å². The summed E-state index contributed by atoms with van der Waals surface area (Å²) >= 11 is 0. The molecule has 2 heterocycles. The van der Waals surface area contributed by atoms with Crippen LogP contribution in [0.5, 0.6) is 0 Å². The van der Waals surface area contributed by atoms with E-state index >= 15 is 0 Å². The van der Waals surface area contributed by atoms with Crippen molar-refractivity contribution in [1.29, 1.82) is 0 Å². The Kier molecular flexibility index (Phi) is 0.803. The summed E-state index contributed by atoms with van der Waals surface area (Å²) in [4.78, 5) is 4.05. The fraction of sp³-hybridized carbons (Fsp3) is 0. The third-order valence-corrected chi connectivity index (χ3v) is 1.24. The Bertz CT molecular complexity index is 281. The summed E-state index contributed by atoms with van der Waals surface area (Å²) in [6.07, 6.45) is 5.59. The predicted octanol–water partition coefficient (Wildman–Crippen LogP) is 1.13. The van der Waals surface area contributed by atoms with Crippen molar-refractivity contribution in [3.8, 4) is 0 Å². The van der Waals surface area contributed by atoms with E-state index in [9.17, 15) is 0 Å². The first-order valence-corrected chi connectivity index (χ1v) is 2.75. The summed E-state index contributed by atoms with van der Waals surface area (Å²) in [5.74, 6) is 0. The highest BCUT2D eigenvalue weighted by atomic mass is 15.0. The average molecular weight is 117 g/mol. The Balaban J connectivity index is 2.95. The summed E-state index contributed by atoms with van der Waals surface area (Å²) in [6.45, 7) is 0. The lowest BCUT2D eigenvalue weighted by atomic mass is 10.5. The molecule has 2 heteroatoms. The molecule has 0 aliphatic rings. The van der Waals surface area contributed by atoms with Crippen LogP contribution in [0.4, 0.5) is 0 Å². The highest BCUT2D eigenvalue weighted by molar-refractivity contribution is 5.36. The molecule has 2 rings (SSSR count). The number of fused-ring (bicyclic) bond motifs is 1. The second kappa shape index (κ2) is 1.58. The molecule has 0 saturated heterocycles. The molecular weight excluding hydrogens is 112 g/mol. The van der Waals surface area contributed by atoms with Gasteiger partial charge in [-0.2, -0.15) is 0 Å². The Labute approximate surface area is 52.8 Å². The fourth-order valence-corrected chi connectivity index (χ4v) is 0.808. The predicted molar refractivity (Wildman–Crippen MR) is 34.0 cm³/mol. The molecule has 0 unspecified atom stereocenters. The first kappa shape index (κ1) is 4.56. The number of rotatable bonds is 0. The largest absolute Gasteiger partial charge is 0.307 e. The van der Waals surface area contributed by atoms with Crippen molar-refractivity contribution in [3.63, 3.8) is 0 Å². The van der Waals surface area contributed by atoms with Crippen LogP contribution in [0.1, 0.15) is 0 Å². The summed E-state index contributed by atoms with van der Waals surface area (Å²) in [5.41, 5.74) is 0.942. The van der Waals surface area contributed by atoms with E-state index in [2.05, 4.69) is 11.1 Å². The van der Waals surface area contributed by atoms with Crippen molar-refractivity contribution in [2.75, 3.05) is 0 Å². The minimum Gasteiger partial charge on any atom is -0.307 e. The zero-order valence-corrected chi connectivity index (χ0v) is 4.78. The smallest absolute Gasteiger partial charge is 0.137 e. The van der Waals surface area contributed by atoms with Crippen molar-refractivity contribution < 1.29 is 0 Å². The van der Waals surface area contributed by atoms with Crippen LogP contribution in [0, 0.1) is 6.07 Å². The second-order valence-corrected chi connectivity index (χ2v) is 1.82. The van der Waals surface area contributed by atoms with Gasteiger partial charge in [-0.3, -0.25) is 0 Å². The molecule has 0 atom stereocenters. The van der Waals surface area contributed by atoms with Crippen LogP contribution in [-0.4, -0.2) is 9.38 Å². The number of hydrogen-bond acceptors (Lipinski definition) is 1. The Morgan fingerprint density at radius 1 is 1.44 bits per heavy atom. The molecule has 0 bridgehead atoms. The summed E-state index contributed by atoms with van der Waals surface area (Å²) < 4.78 is 1.94. The van der Waals surface area contributed by atoms with Gasteiger partial charge in [0.05, 0.1) is 0 Å². The van der Waals surface area contributed by atoms with Crippen LogP contribution in [-0.2, 0) is 0 Å². The average Bonchev–Trinajstić information content (AvgIpc) is 2.33. The maximum Gasteiger partial charge on any atom is 0.137 e. The quantitative estimate of drug-likeness (QED) is 0.505. The normalized spacial score (nSPS) is 10.2. The molecule has 0 N–H and O–H groups in total. The Hall–Kier alpha value is -1.31. The molecule has 0 aliphatic heterocycles. The van der Waals surface area contributed by atoms with E-state index in [-0.39, 0.29) is 0 Å². The van der Waals surface area contributed by atoms with Gasteiger partial charge in [0.15, 0.2) is 0 Å². The second-order valence-electron chi connectivity index (χ2n) is 1.82. The lowest BCUT2D eigenvalue weighted by Crippen LogP contribution is -1.77. The standard InChI is InChI=1S/C7H5N2/c1-2-5-9-6-4-8-7(9)3-1/h2-6H. The van der Waals surface area contributed by atoms with Crippen LogP contribution >= 0.6 is 0 Å². The minimum absolute atomic E-state index is 0.942. The number of nitrogens with zero attached hydrogens (tertiary/aromatic N) is 2. The van der Waals surface area contributed by atoms with Gasteiger partial charge in [-0.25, -0.2) is 4.98 Å². The van der Waals surface area contributed by atoms with E-state index in [0.717, 1.165) is 5.65 Å². The van der Waals surface area contributed by atoms with Crippen LogP contribution in [0.25, 0.3) is 5.65 Å². The molecule has 2 nitrogen and oxygen atoms in total. The molecule has 2 aromatic rings. The fourth-order valence-electron chi connectivity index (χ4n) is 0.808. The molecule has 0 amide bonds. The highest BCUT2D eigenvalue weighted by Crippen LogP contribution is 1.95. The van der Waals surface area contributed by atoms with Gasteiger partial charge in [-0.15, -0.1) is 0 Å². The molecule has 1 radical (unpaired) electrons. The van der Waals surface area contributed by atoms with Crippen molar-refractivity contribution in [1.82, 2.24) is 9.38 Å². The number of imidazole rings is 1. The first-order chi connectivity index (χ1) is 4.47. The lowest BCUT2D eigenvalue weighted by Gasteiger charge is -1.86. The molecule has 0 aliphatic carbocycles. The van der Waals surface area contributed by atoms with Gasteiger partial charge < -0.3 is 4.40 Å². The van der Waals surface area contributed by atoms with E-state index in [1.165, 1.54) is 0 Å². The van der Waals surface area contributed by atoms with E-state index in [4.69, 9.17) is 0 Å². The monoisotopic (exact) mass is 117 g/mol. The lowest BCUT2D eigenvalue weighted by molar-refractivity contribution is 1.18. The van der Waals surface area contributed by atoms with Crippen LogP contribution in [0.15, 0.2) is 30.7 Å². The molecular formula is C7H5N2. The molecule has 0 fully saturated rings. The highest BCUT2D eigenvalue weighted by Gasteiger charge is 1.85. The van der Waals surface area contributed by atoms with Gasteiger partial charge in [0.25, 0.3) is 0 Å². The van der Waals surface area contributed by atoms with E-state index in [1.807, 2.05) is 28.9 Å². The third kappa shape index (κ3) is 0.598. The van der Waals surface area contributed by atoms with Crippen molar-refractivity contribution in [2.24, 2.45) is 0 Å². The van der Waals surface area contributed by atoms with Gasteiger partial charge in [0, 0.05) is 18.6 Å². The summed E-state index contributed by atoms with van der Waals surface area (Å²) in [5, 5.41) is 0. The number of hydrogen-bond donors (Lipinski definition) is 0. The van der Waals surface area contributed by atoms with E-state index < -0.39 is 0 Å². The van der Waals surface area contributed by atoms with Crippen molar-refractivity contribution in [2.45, 2.75) is 0 Å². The van der Waals surface area contributed by atoms with Crippen LogP contribution in [0.2, 0.25) is 0 Å². The van der Waals surface area contributed by atoms with Crippen LogP contribution in [0.3, 0.4) is 0 Å². The van der Waals surface area contributed by atoms with E-state index in [1.54, 1.807) is 6.20 Å². The van der Waals surface area contributed by atoms with Gasteiger partial charge >= 0.3 is 0 Å². The molecule has 0 saturated carbocycles. The topological polar surface area (TPSA) is 17.3 Å². The SMILES string of the molecule is [c]1ccn2ccnc2c1. The van der Waals surface area contributed by atoms with Crippen molar-refractivity contribution in [3.05, 3.63) is 36.8 Å². The van der Waals surface area contributed by atoms with Crippen molar-refractivity contribution >= 4 is 5.65 Å².